The van der Waals surface area contributed by atoms with Crippen molar-refractivity contribution in [1.82, 2.24) is 25.3 Å². The van der Waals surface area contributed by atoms with Gasteiger partial charge in [0.25, 0.3) is 5.91 Å². The molecule has 1 aromatic heterocycles. The Morgan fingerprint density at radius 1 is 1.31 bits per heavy atom. The molecule has 3 N–H and O–H groups in total. The Morgan fingerprint density at radius 3 is 2.72 bits per heavy atom. The minimum atomic E-state index is -1.14. The van der Waals surface area contributed by atoms with E-state index in [1.54, 1.807) is 4.68 Å². The fourth-order valence-electron chi connectivity index (χ4n) is 3.52. The molecule has 32 heavy (non-hydrogen) atoms. The highest BCUT2D eigenvalue weighted by molar-refractivity contribution is 8.01. The van der Waals surface area contributed by atoms with Crippen LogP contribution in [0.15, 0.2) is 52.7 Å². The number of urea groups is 1. The number of thioether (sulfide) groups is 2. The van der Waals surface area contributed by atoms with Crippen LogP contribution in [0.25, 0.3) is 0 Å². The minimum Gasteiger partial charge on any atom is -0.477 e. The predicted molar refractivity (Wildman–Crippen MR) is 122 cm³/mol. The van der Waals surface area contributed by atoms with Gasteiger partial charge in [0, 0.05) is 30.8 Å². The number of aliphatic carboxylic acids is 1. The maximum atomic E-state index is 12.7. The Bertz CT molecular complexity index is 1070. The second-order valence-electron chi connectivity index (χ2n) is 7.49. The average Bonchev–Trinajstić information content (AvgIpc) is 3.11. The van der Waals surface area contributed by atoms with Gasteiger partial charge in [0.2, 0.25) is 0 Å². The van der Waals surface area contributed by atoms with Gasteiger partial charge in [-0.05, 0) is 24.1 Å². The Labute approximate surface area is 193 Å². The Balaban J connectivity index is 1.39. The summed E-state index contributed by atoms with van der Waals surface area (Å²) in [4.78, 5) is 38.3. The third kappa shape index (κ3) is 4.49. The number of rotatable bonds is 7. The first-order valence-electron chi connectivity index (χ1n) is 9.97. The Kier molecular flexibility index (Phi) is 6.47. The van der Waals surface area contributed by atoms with E-state index in [9.17, 15) is 19.5 Å². The van der Waals surface area contributed by atoms with Crippen molar-refractivity contribution in [1.29, 1.82) is 0 Å². The zero-order valence-electron chi connectivity index (χ0n) is 17.6. The lowest BCUT2D eigenvalue weighted by atomic mass is 10.0. The summed E-state index contributed by atoms with van der Waals surface area (Å²) in [5.41, 5.74) is 2.64. The van der Waals surface area contributed by atoms with Gasteiger partial charge < -0.3 is 15.7 Å². The van der Waals surface area contributed by atoms with E-state index in [0.29, 0.717) is 23.6 Å². The summed E-state index contributed by atoms with van der Waals surface area (Å²) >= 11 is 2.90. The van der Waals surface area contributed by atoms with Crippen LogP contribution in [-0.2, 0) is 23.2 Å². The number of carbonyl (C=O) groups is 3. The first-order valence-corrected chi connectivity index (χ1v) is 12.0. The monoisotopic (exact) mass is 473 g/mol. The lowest BCUT2D eigenvalue weighted by molar-refractivity contribution is -0.148. The van der Waals surface area contributed by atoms with E-state index < -0.39 is 29.3 Å². The van der Waals surface area contributed by atoms with Gasteiger partial charge in [0.15, 0.2) is 0 Å². The number of amides is 3. The number of hydrogen-bond acceptors (Lipinski definition) is 6. The van der Waals surface area contributed by atoms with Crippen molar-refractivity contribution in [3.63, 3.8) is 0 Å². The largest absolute Gasteiger partial charge is 0.477 e. The number of benzene rings is 1. The number of nitrogens with one attached hydrogen (secondary N) is 2. The number of β-lactam (4-membered cyclic amide) rings is 1. The van der Waals surface area contributed by atoms with Gasteiger partial charge in [0.1, 0.15) is 22.1 Å². The summed E-state index contributed by atoms with van der Waals surface area (Å²) in [6, 6.07) is 10.2. The van der Waals surface area contributed by atoms with E-state index in [2.05, 4.69) is 15.7 Å². The van der Waals surface area contributed by atoms with E-state index in [-0.39, 0.29) is 5.70 Å². The van der Waals surface area contributed by atoms with Gasteiger partial charge in [-0.1, -0.05) is 30.3 Å². The van der Waals surface area contributed by atoms with Crippen molar-refractivity contribution in [2.75, 3.05) is 11.5 Å². The number of hydrogen-bond donors (Lipinski definition) is 3. The molecule has 2 aromatic rings. The minimum absolute atomic E-state index is 0.0154. The summed E-state index contributed by atoms with van der Waals surface area (Å²) in [6.07, 6.45) is 0. The summed E-state index contributed by atoms with van der Waals surface area (Å²) in [6.45, 7) is 2.28. The maximum absolute atomic E-state index is 12.7. The molecule has 0 spiro atoms. The number of carbonyl (C=O) groups excluding carboxylic acids is 2. The lowest BCUT2D eigenvalue weighted by Crippen LogP contribution is -2.71. The zero-order valence-corrected chi connectivity index (χ0v) is 19.2. The highest BCUT2D eigenvalue weighted by Gasteiger charge is 2.54. The number of aryl methyl sites for hydroxylation is 2. The van der Waals surface area contributed by atoms with Gasteiger partial charge in [-0.25, -0.2) is 9.59 Å². The fraction of sp³-hybridized carbons (Fsp3) is 0.333. The molecule has 0 aliphatic carbocycles. The fourth-order valence-corrected chi connectivity index (χ4v) is 5.99. The molecular weight excluding hydrogens is 450 g/mol. The molecule has 2 aliphatic rings. The van der Waals surface area contributed by atoms with Crippen LogP contribution >= 0.6 is 23.5 Å². The third-order valence-electron chi connectivity index (χ3n) is 5.32. The first-order chi connectivity index (χ1) is 15.3. The van der Waals surface area contributed by atoms with Gasteiger partial charge in [-0.2, -0.15) is 5.10 Å². The van der Waals surface area contributed by atoms with Crippen molar-refractivity contribution >= 4 is 41.4 Å². The first kappa shape index (κ1) is 22.3. The number of carboxylic acids is 1. The van der Waals surface area contributed by atoms with Crippen LogP contribution in [-0.4, -0.2) is 60.6 Å². The van der Waals surface area contributed by atoms with Gasteiger partial charge in [0.05, 0.1) is 0 Å². The molecule has 2 aliphatic heterocycles. The predicted octanol–water partition coefficient (Wildman–Crippen LogP) is 1.94. The quantitative estimate of drug-likeness (QED) is 0.416. The van der Waals surface area contributed by atoms with Crippen LogP contribution in [0.3, 0.4) is 0 Å². The molecule has 1 fully saturated rings. The standard InChI is InChI=1S/C21H23N5O4S2/c1-12-8-15(24-25(12)2)31-10-14-11-32-19-16(18(27)26(19)17(14)20(28)29)23-21(30)22-9-13-6-4-3-5-7-13/h3-8,16,19H,9-11H2,1-2H3,(H,28,29)(H2,22,23,30)/t16?,19-/m0/s1. The van der Waals surface area contributed by atoms with Crippen LogP contribution < -0.4 is 10.6 Å². The second-order valence-corrected chi connectivity index (χ2v) is 9.59. The Morgan fingerprint density at radius 2 is 2.06 bits per heavy atom. The van der Waals surface area contributed by atoms with Crippen molar-refractivity contribution in [3.05, 3.63) is 58.9 Å². The summed E-state index contributed by atoms with van der Waals surface area (Å²) in [5.74, 6) is -0.648. The number of nitrogens with zero attached hydrogens (tertiary/aromatic N) is 3. The van der Waals surface area contributed by atoms with Crippen LogP contribution in [0.1, 0.15) is 11.3 Å². The topological polar surface area (TPSA) is 117 Å². The molecule has 3 heterocycles. The SMILES string of the molecule is Cc1cc(SCC2=C(C(=O)O)N3C(=O)C(NC(=O)NCc4ccccc4)[C@@H]3SC2)nn1C. The molecule has 0 radical (unpaired) electrons. The van der Waals surface area contributed by atoms with Gasteiger partial charge >= 0.3 is 12.0 Å². The van der Waals surface area contributed by atoms with E-state index in [1.807, 2.05) is 50.4 Å². The smallest absolute Gasteiger partial charge is 0.352 e. The summed E-state index contributed by atoms with van der Waals surface area (Å²) < 4.78 is 1.76. The van der Waals surface area contributed by atoms with Crippen LogP contribution in [0.4, 0.5) is 4.79 Å². The van der Waals surface area contributed by atoms with Crippen molar-refractivity contribution in [2.24, 2.45) is 7.05 Å². The molecule has 168 valence electrons. The van der Waals surface area contributed by atoms with E-state index in [1.165, 1.54) is 28.4 Å². The van der Waals surface area contributed by atoms with E-state index in [4.69, 9.17) is 0 Å². The van der Waals surface area contributed by atoms with E-state index in [0.717, 1.165) is 16.3 Å². The third-order valence-corrected chi connectivity index (χ3v) is 7.65. The molecule has 11 heteroatoms. The Hall–Kier alpha value is -2.92. The normalized spacial score (nSPS) is 19.9. The zero-order chi connectivity index (χ0) is 22.8. The molecule has 1 saturated heterocycles. The van der Waals surface area contributed by atoms with Crippen LogP contribution in [0.2, 0.25) is 0 Å². The molecule has 1 aromatic carbocycles. The lowest BCUT2D eigenvalue weighted by Gasteiger charge is -2.49. The molecule has 0 bridgehead atoms. The van der Waals surface area contributed by atoms with Gasteiger partial charge in [-0.3, -0.25) is 14.4 Å². The highest BCUT2D eigenvalue weighted by atomic mass is 32.2. The number of carboxylic acid groups (broad SMARTS) is 1. The molecule has 2 atom stereocenters. The summed E-state index contributed by atoms with van der Waals surface area (Å²) in [5, 5.41) is 20.0. The molecule has 9 nitrogen and oxygen atoms in total. The molecule has 4 rings (SSSR count). The number of aromatic nitrogens is 2. The van der Waals surface area contributed by atoms with Crippen LogP contribution in [0.5, 0.6) is 0 Å². The van der Waals surface area contributed by atoms with Crippen LogP contribution in [0, 0.1) is 6.92 Å². The second kappa shape index (κ2) is 9.29. The van der Waals surface area contributed by atoms with Crippen molar-refractivity contribution in [2.45, 2.75) is 29.9 Å². The van der Waals surface area contributed by atoms with Crippen molar-refractivity contribution in [3.8, 4) is 0 Å². The maximum Gasteiger partial charge on any atom is 0.352 e. The van der Waals surface area contributed by atoms with Gasteiger partial charge in [-0.15, -0.1) is 23.5 Å². The summed E-state index contributed by atoms with van der Waals surface area (Å²) in [7, 11) is 1.85. The average molecular weight is 474 g/mol. The highest BCUT2D eigenvalue weighted by Crippen LogP contribution is 2.41. The molecular formula is C21H23N5O4S2. The van der Waals surface area contributed by atoms with E-state index >= 15 is 0 Å². The molecule has 3 amide bonds. The van der Waals surface area contributed by atoms with Crippen molar-refractivity contribution < 1.29 is 19.5 Å². The number of fused-ring (bicyclic) bond motifs is 1. The molecule has 1 unspecified atom stereocenters. The molecule has 0 saturated carbocycles.